The number of carbonyl (C=O) groups excluding carboxylic acids is 1. The minimum atomic E-state index is -0.0874. The highest BCUT2D eigenvalue weighted by atomic mass is 32.1. The Kier molecular flexibility index (Phi) is 8.64. The van der Waals surface area contributed by atoms with E-state index in [0.717, 1.165) is 40.8 Å². The number of carbonyl (C=O) groups is 1. The molecule has 6 nitrogen and oxygen atoms in total. The Morgan fingerprint density at radius 3 is 2.53 bits per heavy atom. The zero-order valence-corrected chi connectivity index (χ0v) is 20.0. The van der Waals surface area contributed by atoms with Crippen molar-refractivity contribution in [2.24, 2.45) is 0 Å². The number of amides is 1. The lowest BCUT2D eigenvalue weighted by molar-refractivity contribution is -0.115. The number of rotatable bonds is 11. The Labute approximate surface area is 194 Å². The number of nitrogens with zero attached hydrogens (tertiary/aromatic N) is 2. The molecule has 1 heterocycles. The molecule has 7 heteroatoms. The zero-order valence-electron chi connectivity index (χ0n) is 19.2. The van der Waals surface area contributed by atoms with E-state index in [0.29, 0.717) is 23.8 Å². The molecule has 0 fully saturated rings. The average molecular weight is 454 g/mol. The minimum absolute atomic E-state index is 0.0874. The summed E-state index contributed by atoms with van der Waals surface area (Å²) in [4.78, 5) is 20.6. The summed E-state index contributed by atoms with van der Waals surface area (Å²) in [6.07, 6.45) is 0.278. The molecule has 32 heavy (non-hydrogen) atoms. The van der Waals surface area contributed by atoms with Gasteiger partial charge in [0, 0.05) is 28.7 Å². The Morgan fingerprint density at radius 2 is 1.84 bits per heavy atom. The lowest BCUT2D eigenvalue weighted by Gasteiger charge is -2.19. The summed E-state index contributed by atoms with van der Waals surface area (Å²) in [5.41, 5.74) is 2.63. The lowest BCUT2D eigenvalue weighted by atomic mass is 10.2. The average Bonchev–Trinajstić information content (AvgIpc) is 3.17. The summed E-state index contributed by atoms with van der Waals surface area (Å²) in [7, 11) is 1.61. The maximum Gasteiger partial charge on any atom is 0.229 e. The summed E-state index contributed by atoms with van der Waals surface area (Å²) in [6, 6.07) is 15.5. The van der Waals surface area contributed by atoms with E-state index in [4.69, 9.17) is 9.47 Å². The SMILES string of the molecule is CCN(CC)CCOc1cc(NC(=O)Cc2sc(-c3ccccc3)nc2C)ccc1OC. The third-order valence-corrected chi connectivity index (χ3v) is 6.45. The van der Waals surface area contributed by atoms with Gasteiger partial charge in [0.1, 0.15) is 11.6 Å². The van der Waals surface area contributed by atoms with Crippen LogP contribution in [0.5, 0.6) is 11.5 Å². The highest BCUT2D eigenvalue weighted by molar-refractivity contribution is 7.15. The van der Waals surface area contributed by atoms with E-state index >= 15 is 0 Å². The number of likely N-dealkylation sites (N-methyl/N-ethyl adjacent to an activating group) is 1. The van der Waals surface area contributed by atoms with Gasteiger partial charge >= 0.3 is 0 Å². The fourth-order valence-corrected chi connectivity index (χ4v) is 4.41. The monoisotopic (exact) mass is 453 g/mol. The van der Waals surface area contributed by atoms with E-state index in [1.54, 1.807) is 18.4 Å². The molecule has 1 amide bonds. The van der Waals surface area contributed by atoms with E-state index in [1.807, 2.05) is 55.5 Å². The predicted octanol–water partition coefficient (Wildman–Crippen LogP) is 5.03. The van der Waals surface area contributed by atoms with Crippen LogP contribution in [0.25, 0.3) is 10.6 Å². The van der Waals surface area contributed by atoms with Crippen molar-refractivity contribution < 1.29 is 14.3 Å². The molecule has 1 N–H and O–H groups in total. The van der Waals surface area contributed by atoms with Crippen LogP contribution in [-0.4, -0.2) is 49.1 Å². The number of nitrogens with one attached hydrogen (secondary N) is 1. The van der Waals surface area contributed by atoms with Crippen molar-refractivity contribution in [2.75, 3.05) is 38.7 Å². The largest absolute Gasteiger partial charge is 0.493 e. The Morgan fingerprint density at radius 1 is 1.09 bits per heavy atom. The number of ether oxygens (including phenoxy) is 2. The normalized spacial score (nSPS) is 10.9. The van der Waals surface area contributed by atoms with Gasteiger partial charge in [-0.05, 0) is 32.1 Å². The van der Waals surface area contributed by atoms with Crippen molar-refractivity contribution in [3.05, 3.63) is 59.1 Å². The first-order valence-electron chi connectivity index (χ1n) is 10.9. The Bertz CT molecular complexity index is 1020. The Balaban J connectivity index is 1.64. The number of hydrogen-bond acceptors (Lipinski definition) is 6. The molecule has 0 unspecified atom stereocenters. The molecule has 0 atom stereocenters. The summed E-state index contributed by atoms with van der Waals surface area (Å²) in [5, 5.41) is 3.90. The van der Waals surface area contributed by atoms with E-state index in [9.17, 15) is 4.79 Å². The van der Waals surface area contributed by atoms with Gasteiger partial charge in [0.05, 0.1) is 19.2 Å². The first-order chi connectivity index (χ1) is 15.5. The topological polar surface area (TPSA) is 63.7 Å². The van der Waals surface area contributed by atoms with Crippen LogP contribution in [0.2, 0.25) is 0 Å². The summed E-state index contributed by atoms with van der Waals surface area (Å²) < 4.78 is 11.4. The highest BCUT2D eigenvalue weighted by Gasteiger charge is 2.14. The van der Waals surface area contributed by atoms with Crippen LogP contribution in [0, 0.1) is 6.92 Å². The summed E-state index contributed by atoms with van der Waals surface area (Å²) in [5.74, 6) is 1.18. The molecule has 2 aromatic carbocycles. The van der Waals surface area contributed by atoms with Gasteiger partial charge in [0.2, 0.25) is 5.91 Å². The molecular weight excluding hydrogens is 422 g/mol. The van der Waals surface area contributed by atoms with Gasteiger partial charge in [-0.3, -0.25) is 4.79 Å². The minimum Gasteiger partial charge on any atom is -0.493 e. The highest BCUT2D eigenvalue weighted by Crippen LogP contribution is 2.31. The van der Waals surface area contributed by atoms with Gasteiger partial charge < -0.3 is 19.7 Å². The fourth-order valence-electron chi connectivity index (χ4n) is 3.34. The van der Waals surface area contributed by atoms with Gasteiger partial charge in [-0.15, -0.1) is 11.3 Å². The predicted molar refractivity (Wildman–Crippen MR) is 131 cm³/mol. The maximum atomic E-state index is 12.7. The van der Waals surface area contributed by atoms with Gasteiger partial charge in [0.15, 0.2) is 11.5 Å². The maximum absolute atomic E-state index is 12.7. The number of methoxy groups -OCH3 is 1. The second-order valence-electron chi connectivity index (χ2n) is 7.36. The Hall–Kier alpha value is -2.90. The van der Waals surface area contributed by atoms with Crippen LogP contribution in [0.1, 0.15) is 24.4 Å². The van der Waals surface area contributed by atoms with Gasteiger partial charge in [0.25, 0.3) is 0 Å². The van der Waals surface area contributed by atoms with Gasteiger partial charge in [-0.25, -0.2) is 4.98 Å². The molecule has 170 valence electrons. The quantitative estimate of drug-likeness (QED) is 0.441. The fraction of sp³-hybridized carbons (Fsp3) is 0.360. The second kappa shape index (κ2) is 11.6. The molecule has 0 aliphatic heterocycles. The first kappa shape index (κ1) is 23.8. The molecule has 0 bridgehead atoms. The molecule has 1 aromatic heterocycles. The second-order valence-corrected chi connectivity index (χ2v) is 8.44. The van der Waals surface area contributed by atoms with Crippen LogP contribution in [0.3, 0.4) is 0 Å². The molecule has 0 saturated carbocycles. The van der Waals surface area contributed by atoms with Crippen LogP contribution in [0.15, 0.2) is 48.5 Å². The van der Waals surface area contributed by atoms with E-state index in [2.05, 4.69) is 29.0 Å². The zero-order chi connectivity index (χ0) is 22.9. The molecule has 0 aliphatic carbocycles. The third kappa shape index (κ3) is 6.31. The lowest BCUT2D eigenvalue weighted by Crippen LogP contribution is -2.28. The van der Waals surface area contributed by atoms with Crippen molar-refractivity contribution in [2.45, 2.75) is 27.2 Å². The molecule has 3 aromatic rings. The standard InChI is InChI=1S/C25H31N3O3S/c1-5-28(6-2)14-15-31-22-16-20(12-13-21(22)30-4)27-24(29)17-23-18(3)26-25(32-23)19-10-8-7-9-11-19/h7-13,16H,5-6,14-15,17H2,1-4H3,(H,27,29). The molecule has 3 rings (SSSR count). The molecule has 0 aliphatic rings. The van der Waals surface area contributed by atoms with E-state index in [-0.39, 0.29) is 12.3 Å². The third-order valence-electron chi connectivity index (χ3n) is 5.24. The van der Waals surface area contributed by atoms with Gasteiger partial charge in [-0.1, -0.05) is 44.2 Å². The van der Waals surface area contributed by atoms with Crippen LogP contribution >= 0.6 is 11.3 Å². The van der Waals surface area contributed by atoms with Crippen molar-refractivity contribution >= 4 is 22.9 Å². The number of aromatic nitrogens is 1. The van der Waals surface area contributed by atoms with Crippen molar-refractivity contribution in [1.29, 1.82) is 0 Å². The molecule has 0 saturated heterocycles. The van der Waals surface area contributed by atoms with Crippen LogP contribution in [-0.2, 0) is 11.2 Å². The van der Waals surface area contributed by atoms with E-state index < -0.39 is 0 Å². The number of benzene rings is 2. The number of anilines is 1. The van der Waals surface area contributed by atoms with E-state index in [1.165, 1.54) is 0 Å². The smallest absolute Gasteiger partial charge is 0.229 e. The number of thiazole rings is 1. The molecular formula is C25H31N3O3S. The molecule has 0 spiro atoms. The van der Waals surface area contributed by atoms with Crippen molar-refractivity contribution in [3.8, 4) is 22.1 Å². The van der Waals surface area contributed by atoms with Crippen molar-refractivity contribution in [3.63, 3.8) is 0 Å². The van der Waals surface area contributed by atoms with Gasteiger partial charge in [-0.2, -0.15) is 0 Å². The van der Waals surface area contributed by atoms with Crippen LogP contribution < -0.4 is 14.8 Å². The first-order valence-corrected chi connectivity index (χ1v) is 11.7. The van der Waals surface area contributed by atoms with Crippen LogP contribution in [0.4, 0.5) is 5.69 Å². The summed E-state index contributed by atoms with van der Waals surface area (Å²) in [6.45, 7) is 9.56. The number of aryl methyl sites for hydroxylation is 1. The summed E-state index contributed by atoms with van der Waals surface area (Å²) >= 11 is 1.56. The molecule has 0 radical (unpaired) electrons. The van der Waals surface area contributed by atoms with Crippen molar-refractivity contribution in [1.82, 2.24) is 9.88 Å². The number of hydrogen-bond donors (Lipinski definition) is 1.